The van der Waals surface area contributed by atoms with Gasteiger partial charge in [-0.25, -0.2) is 4.79 Å². The zero-order chi connectivity index (χ0) is 17.9. The van der Waals surface area contributed by atoms with E-state index in [4.69, 9.17) is 4.74 Å². The Kier molecular flexibility index (Phi) is 3.62. The molecule has 4 fully saturated rings. The summed E-state index contributed by atoms with van der Waals surface area (Å²) in [6.45, 7) is 6.14. The standard InChI is InChI=1S/C21H29N3O2/c1-20(2)13-24(17(20)14-5-10-22-11-6-14)19(25)23-16-15-7-12-26-18(15)21(16)8-3-4-9-21/h5-6,10-11,15-18H,3-4,7-9,12-13H2,1-2H3,(H,23,25). The molecular formula is C21H29N3O2. The molecule has 4 aliphatic rings. The number of likely N-dealkylation sites (tertiary alicyclic amines) is 1. The fraction of sp³-hybridized carbons (Fsp3) is 0.714. The van der Waals surface area contributed by atoms with E-state index in [0.717, 1.165) is 19.6 Å². The number of hydrogen-bond donors (Lipinski definition) is 1. The van der Waals surface area contributed by atoms with Crippen LogP contribution in [0.3, 0.4) is 0 Å². The van der Waals surface area contributed by atoms with E-state index in [1.807, 2.05) is 29.4 Å². The molecule has 1 aromatic heterocycles. The topological polar surface area (TPSA) is 54.5 Å². The monoisotopic (exact) mass is 355 g/mol. The maximum absolute atomic E-state index is 13.2. The first-order chi connectivity index (χ1) is 12.5. The molecule has 1 spiro atoms. The van der Waals surface area contributed by atoms with Crippen LogP contribution in [0.1, 0.15) is 57.6 Å². The number of urea groups is 1. The second kappa shape index (κ2) is 5.69. The smallest absolute Gasteiger partial charge is 0.318 e. The van der Waals surface area contributed by atoms with E-state index in [0.29, 0.717) is 18.1 Å². The van der Waals surface area contributed by atoms with E-state index in [1.165, 1.54) is 31.2 Å². The van der Waals surface area contributed by atoms with Gasteiger partial charge in [0.2, 0.25) is 0 Å². The quantitative estimate of drug-likeness (QED) is 0.883. The number of amides is 2. The Hall–Kier alpha value is -1.62. The Bertz CT molecular complexity index is 698. The summed E-state index contributed by atoms with van der Waals surface area (Å²) >= 11 is 0. The minimum Gasteiger partial charge on any atom is -0.377 e. The molecule has 2 aliphatic carbocycles. The molecule has 1 N–H and O–H groups in total. The van der Waals surface area contributed by atoms with Crippen LogP contribution in [0.15, 0.2) is 24.5 Å². The van der Waals surface area contributed by atoms with Gasteiger partial charge in [0.1, 0.15) is 0 Å². The molecule has 0 radical (unpaired) electrons. The maximum atomic E-state index is 13.2. The second-order valence-electron chi connectivity index (χ2n) is 9.41. The van der Waals surface area contributed by atoms with Gasteiger partial charge in [0.15, 0.2) is 0 Å². The first kappa shape index (κ1) is 16.5. The highest BCUT2D eigenvalue weighted by Gasteiger charge is 2.65. The number of nitrogens with one attached hydrogen (secondary N) is 1. The van der Waals surface area contributed by atoms with Crippen molar-refractivity contribution in [3.8, 4) is 0 Å². The van der Waals surface area contributed by atoms with Gasteiger partial charge in [0, 0.05) is 48.3 Å². The Morgan fingerprint density at radius 1 is 1.27 bits per heavy atom. The summed E-state index contributed by atoms with van der Waals surface area (Å²) in [7, 11) is 0. The molecule has 2 amide bonds. The van der Waals surface area contributed by atoms with Gasteiger partial charge >= 0.3 is 6.03 Å². The molecule has 5 rings (SSSR count). The highest BCUT2D eigenvalue weighted by Crippen LogP contribution is 2.61. The number of carbonyl (C=O) groups excluding carboxylic acids is 1. The van der Waals surface area contributed by atoms with Gasteiger partial charge in [-0.1, -0.05) is 26.7 Å². The third-order valence-electron chi connectivity index (χ3n) is 7.48. The molecule has 1 aromatic rings. The summed E-state index contributed by atoms with van der Waals surface area (Å²) in [5.74, 6) is 0.519. The third-order valence-corrected chi connectivity index (χ3v) is 7.48. The molecule has 3 heterocycles. The molecule has 5 nitrogen and oxygen atoms in total. The van der Waals surface area contributed by atoms with Gasteiger partial charge in [-0.2, -0.15) is 0 Å². The highest BCUT2D eigenvalue weighted by atomic mass is 16.5. The summed E-state index contributed by atoms with van der Waals surface area (Å²) in [5, 5.41) is 3.45. The van der Waals surface area contributed by atoms with Crippen molar-refractivity contribution in [2.45, 2.75) is 64.1 Å². The van der Waals surface area contributed by atoms with Gasteiger partial charge in [0.05, 0.1) is 12.1 Å². The van der Waals surface area contributed by atoms with Crippen molar-refractivity contribution >= 4 is 6.03 Å². The van der Waals surface area contributed by atoms with Crippen LogP contribution in [-0.2, 0) is 4.74 Å². The van der Waals surface area contributed by atoms with Crippen LogP contribution in [0.25, 0.3) is 0 Å². The predicted octanol–water partition coefficient (Wildman–Crippen LogP) is 3.52. The molecule has 5 heteroatoms. The van der Waals surface area contributed by atoms with Crippen molar-refractivity contribution in [1.29, 1.82) is 0 Å². The molecule has 2 saturated carbocycles. The number of rotatable bonds is 2. The molecular weight excluding hydrogens is 326 g/mol. The third kappa shape index (κ3) is 2.19. The Labute approximate surface area is 155 Å². The first-order valence-corrected chi connectivity index (χ1v) is 10.1. The van der Waals surface area contributed by atoms with Crippen LogP contribution < -0.4 is 5.32 Å². The zero-order valence-electron chi connectivity index (χ0n) is 15.8. The highest BCUT2D eigenvalue weighted by molar-refractivity contribution is 5.77. The van der Waals surface area contributed by atoms with Crippen molar-refractivity contribution < 1.29 is 9.53 Å². The number of nitrogens with zero attached hydrogens (tertiary/aromatic N) is 2. The fourth-order valence-corrected chi connectivity index (χ4v) is 6.41. The predicted molar refractivity (Wildman–Crippen MR) is 98.5 cm³/mol. The molecule has 2 saturated heterocycles. The molecule has 140 valence electrons. The lowest BCUT2D eigenvalue weighted by molar-refractivity contribution is -0.129. The fourth-order valence-electron chi connectivity index (χ4n) is 6.41. The van der Waals surface area contributed by atoms with Crippen molar-refractivity contribution in [2.75, 3.05) is 13.2 Å². The molecule has 0 bridgehead atoms. The maximum Gasteiger partial charge on any atom is 0.318 e. The van der Waals surface area contributed by atoms with E-state index in [2.05, 4.69) is 24.1 Å². The van der Waals surface area contributed by atoms with Crippen molar-refractivity contribution in [2.24, 2.45) is 16.7 Å². The van der Waals surface area contributed by atoms with Gasteiger partial charge in [0.25, 0.3) is 0 Å². The van der Waals surface area contributed by atoms with E-state index < -0.39 is 0 Å². The first-order valence-electron chi connectivity index (χ1n) is 10.1. The molecule has 4 atom stereocenters. The summed E-state index contributed by atoms with van der Waals surface area (Å²) in [4.78, 5) is 19.3. The molecule has 2 aliphatic heterocycles. The normalized spacial score (nSPS) is 36.3. The lowest BCUT2D eigenvalue weighted by Gasteiger charge is -2.59. The number of ether oxygens (including phenoxy) is 1. The molecule has 0 aromatic carbocycles. The summed E-state index contributed by atoms with van der Waals surface area (Å²) < 4.78 is 6.05. The van der Waals surface area contributed by atoms with Gasteiger partial charge in [-0.15, -0.1) is 0 Å². The average Bonchev–Trinajstić information content (AvgIpc) is 3.27. The van der Waals surface area contributed by atoms with Gasteiger partial charge in [-0.3, -0.25) is 4.98 Å². The lowest BCUT2D eigenvalue weighted by atomic mass is 9.54. The van der Waals surface area contributed by atoms with E-state index in [-0.39, 0.29) is 22.9 Å². The second-order valence-corrected chi connectivity index (χ2v) is 9.41. The van der Waals surface area contributed by atoms with E-state index in [9.17, 15) is 4.79 Å². The van der Waals surface area contributed by atoms with E-state index in [1.54, 1.807) is 0 Å². The summed E-state index contributed by atoms with van der Waals surface area (Å²) in [6, 6.07) is 4.60. The van der Waals surface area contributed by atoms with Crippen molar-refractivity contribution in [3.63, 3.8) is 0 Å². The minimum absolute atomic E-state index is 0.0996. The zero-order valence-corrected chi connectivity index (χ0v) is 15.8. The van der Waals surface area contributed by atoms with Crippen LogP contribution in [0.5, 0.6) is 0 Å². The summed E-state index contributed by atoms with van der Waals surface area (Å²) in [5.41, 5.74) is 1.49. The number of fused-ring (bicyclic) bond motifs is 2. The van der Waals surface area contributed by atoms with E-state index >= 15 is 0 Å². The molecule has 4 unspecified atom stereocenters. The average molecular weight is 355 g/mol. The number of aromatic nitrogens is 1. The Balaban J connectivity index is 1.34. The van der Waals surface area contributed by atoms with Crippen molar-refractivity contribution in [1.82, 2.24) is 15.2 Å². The SMILES string of the molecule is CC1(C)CN(C(=O)NC2C3CCOC3C23CCCC3)C1c1ccncc1. The number of hydrogen-bond acceptors (Lipinski definition) is 3. The van der Waals surface area contributed by atoms with Crippen LogP contribution in [0.4, 0.5) is 4.79 Å². The minimum atomic E-state index is 0.0996. The lowest BCUT2D eigenvalue weighted by Crippen LogP contribution is -2.71. The van der Waals surface area contributed by atoms with Crippen LogP contribution in [-0.4, -0.2) is 41.2 Å². The summed E-state index contributed by atoms with van der Waals surface area (Å²) in [6.07, 6.45) is 10.1. The Morgan fingerprint density at radius 3 is 2.69 bits per heavy atom. The molecule has 26 heavy (non-hydrogen) atoms. The van der Waals surface area contributed by atoms with Crippen LogP contribution in [0, 0.1) is 16.7 Å². The number of carbonyl (C=O) groups is 1. The Morgan fingerprint density at radius 2 is 2.00 bits per heavy atom. The van der Waals surface area contributed by atoms with Gasteiger partial charge in [-0.05, 0) is 37.0 Å². The largest absolute Gasteiger partial charge is 0.377 e. The van der Waals surface area contributed by atoms with Crippen LogP contribution >= 0.6 is 0 Å². The van der Waals surface area contributed by atoms with Gasteiger partial charge < -0.3 is 15.0 Å². The van der Waals surface area contributed by atoms with Crippen molar-refractivity contribution in [3.05, 3.63) is 30.1 Å². The van der Waals surface area contributed by atoms with Crippen LogP contribution in [0.2, 0.25) is 0 Å². The number of pyridine rings is 1.